The number of phenolic OH excluding ortho intramolecular Hbond substituents is 1. The highest BCUT2D eigenvalue weighted by Crippen LogP contribution is 2.26. The number of aromatic nitrogens is 2. The second kappa shape index (κ2) is 9.29. The quantitative estimate of drug-likeness (QED) is 0.595. The highest BCUT2D eigenvalue weighted by molar-refractivity contribution is 7.89. The van der Waals surface area contributed by atoms with Crippen LogP contribution in [-0.2, 0) is 14.8 Å². The van der Waals surface area contributed by atoms with E-state index in [-0.39, 0.29) is 22.5 Å². The summed E-state index contributed by atoms with van der Waals surface area (Å²) in [6.07, 6.45) is 3.92. The SMILES string of the molecule is Cc1ccc(S(=O)(=O)N2CCC(C(=O)Nc3cnc(-c4cccc(O)c4)nc3)CC2)cc1C. The third-order valence-electron chi connectivity index (χ3n) is 5.96. The van der Waals surface area contributed by atoms with Gasteiger partial charge in [-0.15, -0.1) is 0 Å². The van der Waals surface area contributed by atoms with Gasteiger partial charge >= 0.3 is 0 Å². The van der Waals surface area contributed by atoms with Crippen molar-refractivity contribution in [3.05, 3.63) is 66.0 Å². The normalized spacial score (nSPS) is 15.3. The number of piperidine rings is 1. The molecule has 2 N–H and O–H groups in total. The minimum absolute atomic E-state index is 0.124. The molecule has 0 atom stereocenters. The number of aryl methyl sites for hydroxylation is 2. The fraction of sp³-hybridized carbons (Fsp3) is 0.292. The summed E-state index contributed by atoms with van der Waals surface area (Å²) < 4.78 is 27.4. The largest absolute Gasteiger partial charge is 0.508 e. The number of rotatable bonds is 5. The van der Waals surface area contributed by atoms with Crippen LogP contribution in [0.5, 0.6) is 5.75 Å². The van der Waals surface area contributed by atoms with E-state index >= 15 is 0 Å². The Kier molecular flexibility index (Phi) is 6.44. The zero-order chi connectivity index (χ0) is 23.6. The molecule has 9 heteroatoms. The number of nitrogens with zero attached hydrogens (tertiary/aromatic N) is 3. The first kappa shape index (κ1) is 22.9. The van der Waals surface area contributed by atoms with E-state index in [0.29, 0.717) is 43.0 Å². The van der Waals surface area contributed by atoms with Crippen LogP contribution in [0.4, 0.5) is 5.69 Å². The van der Waals surface area contributed by atoms with Crippen LogP contribution in [0.1, 0.15) is 24.0 Å². The molecular formula is C24H26N4O4S. The van der Waals surface area contributed by atoms with Crippen molar-refractivity contribution in [3.8, 4) is 17.1 Å². The predicted molar refractivity (Wildman–Crippen MR) is 125 cm³/mol. The van der Waals surface area contributed by atoms with Gasteiger partial charge in [-0.2, -0.15) is 4.31 Å². The minimum atomic E-state index is -3.58. The third kappa shape index (κ3) is 5.04. The lowest BCUT2D eigenvalue weighted by atomic mass is 9.97. The van der Waals surface area contributed by atoms with E-state index in [4.69, 9.17) is 0 Å². The van der Waals surface area contributed by atoms with Crippen molar-refractivity contribution in [2.24, 2.45) is 5.92 Å². The van der Waals surface area contributed by atoms with Gasteiger partial charge in [0.15, 0.2) is 5.82 Å². The zero-order valence-corrected chi connectivity index (χ0v) is 19.3. The summed E-state index contributed by atoms with van der Waals surface area (Å²) in [7, 11) is -3.58. The fourth-order valence-corrected chi connectivity index (χ4v) is 5.37. The second-order valence-electron chi connectivity index (χ2n) is 8.26. The maximum atomic E-state index is 13.0. The van der Waals surface area contributed by atoms with Crippen LogP contribution in [0.15, 0.2) is 59.8 Å². The van der Waals surface area contributed by atoms with E-state index in [1.165, 1.54) is 16.7 Å². The Morgan fingerprint density at radius 3 is 2.36 bits per heavy atom. The van der Waals surface area contributed by atoms with Crippen LogP contribution < -0.4 is 5.32 Å². The van der Waals surface area contributed by atoms with Crippen molar-refractivity contribution in [1.82, 2.24) is 14.3 Å². The molecule has 1 aromatic heterocycles. The van der Waals surface area contributed by atoms with Crippen molar-refractivity contribution >= 4 is 21.6 Å². The summed E-state index contributed by atoms with van der Waals surface area (Å²) in [5.41, 5.74) is 3.12. The number of phenols is 1. The van der Waals surface area contributed by atoms with Gasteiger partial charge in [0.25, 0.3) is 0 Å². The molecule has 33 heavy (non-hydrogen) atoms. The Morgan fingerprint density at radius 2 is 1.73 bits per heavy atom. The van der Waals surface area contributed by atoms with Gasteiger partial charge in [0, 0.05) is 24.6 Å². The molecule has 8 nitrogen and oxygen atoms in total. The molecule has 4 rings (SSSR count). The number of sulfonamides is 1. The van der Waals surface area contributed by atoms with Crippen molar-refractivity contribution in [2.45, 2.75) is 31.6 Å². The van der Waals surface area contributed by atoms with E-state index in [2.05, 4.69) is 15.3 Å². The molecule has 1 saturated heterocycles. The van der Waals surface area contributed by atoms with Crippen LogP contribution in [0, 0.1) is 19.8 Å². The summed E-state index contributed by atoms with van der Waals surface area (Å²) in [5.74, 6) is 0.0991. The van der Waals surface area contributed by atoms with Gasteiger partial charge < -0.3 is 10.4 Å². The Balaban J connectivity index is 1.36. The number of aromatic hydroxyl groups is 1. The van der Waals surface area contributed by atoms with Gasteiger partial charge in [-0.25, -0.2) is 18.4 Å². The van der Waals surface area contributed by atoms with Crippen LogP contribution >= 0.6 is 0 Å². The molecule has 2 heterocycles. The lowest BCUT2D eigenvalue weighted by molar-refractivity contribution is -0.120. The Labute approximate surface area is 193 Å². The molecule has 172 valence electrons. The average Bonchev–Trinajstić information content (AvgIpc) is 2.81. The molecule has 0 unspecified atom stereocenters. The molecule has 0 saturated carbocycles. The first-order valence-electron chi connectivity index (χ1n) is 10.7. The standard InChI is InChI=1S/C24H26N4O4S/c1-16-6-7-22(12-17(16)2)33(31,32)28-10-8-18(9-11-28)24(30)27-20-14-25-23(26-15-20)19-4-3-5-21(29)13-19/h3-7,12-15,18,29H,8-11H2,1-2H3,(H,27,30). The third-order valence-corrected chi connectivity index (χ3v) is 7.86. The molecule has 1 aliphatic rings. The van der Waals surface area contributed by atoms with Gasteiger partial charge in [-0.3, -0.25) is 4.79 Å². The summed E-state index contributed by atoms with van der Waals surface area (Å²) in [6, 6.07) is 11.8. The Bertz CT molecular complexity index is 1270. The minimum Gasteiger partial charge on any atom is -0.508 e. The number of hydrogen-bond acceptors (Lipinski definition) is 6. The van der Waals surface area contributed by atoms with Crippen molar-refractivity contribution in [1.29, 1.82) is 0 Å². The van der Waals surface area contributed by atoms with E-state index in [1.807, 2.05) is 19.9 Å². The predicted octanol–water partition coefficient (Wildman–Crippen LogP) is 3.51. The molecule has 1 aliphatic heterocycles. The number of hydrogen-bond donors (Lipinski definition) is 2. The van der Waals surface area contributed by atoms with Gasteiger partial charge in [0.2, 0.25) is 15.9 Å². The summed E-state index contributed by atoms with van der Waals surface area (Å²) in [5, 5.41) is 12.4. The molecule has 0 radical (unpaired) electrons. The highest BCUT2D eigenvalue weighted by atomic mass is 32.2. The van der Waals surface area contributed by atoms with E-state index in [0.717, 1.165) is 11.1 Å². The summed E-state index contributed by atoms with van der Waals surface area (Å²) in [4.78, 5) is 21.5. The smallest absolute Gasteiger partial charge is 0.243 e. The molecule has 1 amide bonds. The monoisotopic (exact) mass is 466 g/mol. The number of carbonyl (C=O) groups excluding carboxylic acids is 1. The number of benzene rings is 2. The van der Waals surface area contributed by atoms with Crippen molar-refractivity contribution < 1.29 is 18.3 Å². The van der Waals surface area contributed by atoms with Gasteiger partial charge in [0.05, 0.1) is 23.0 Å². The van der Waals surface area contributed by atoms with Crippen LogP contribution in [0.3, 0.4) is 0 Å². The van der Waals surface area contributed by atoms with E-state index in [9.17, 15) is 18.3 Å². The fourth-order valence-electron chi connectivity index (χ4n) is 3.81. The first-order valence-corrected chi connectivity index (χ1v) is 12.2. The molecular weight excluding hydrogens is 440 g/mol. The molecule has 2 aromatic carbocycles. The highest BCUT2D eigenvalue weighted by Gasteiger charge is 2.32. The second-order valence-corrected chi connectivity index (χ2v) is 10.2. The molecule has 1 fully saturated rings. The molecule has 3 aromatic rings. The topological polar surface area (TPSA) is 112 Å². The average molecular weight is 467 g/mol. The summed E-state index contributed by atoms with van der Waals surface area (Å²) in [6.45, 7) is 4.42. The number of anilines is 1. The Morgan fingerprint density at radius 1 is 1.03 bits per heavy atom. The first-order chi connectivity index (χ1) is 15.7. The lowest BCUT2D eigenvalue weighted by Crippen LogP contribution is -2.41. The van der Waals surface area contributed by atoms with Crippen LogP contribution in [-0.4, -0.2) is 46.8 Å². The summed E-state index contributed by atoms with van der Waals surface area (Å²) >= 11 is 0. The van der Waals surface area contributed by atoms with E-state index < -0.39 is 10.0 Å². The number of carbonyl (C=O) groups is 1. The number of nitrogens with one attached hydrogen (secondary N) is 1. The van der Waals surface area contributed by atoms with Gasteiger partial charge in [-0.05, 0) is 62.1 Å². The van der Waals surface area contributed by atoms with Crippen molar-refractivity contribution in [2.75, 3.05) is 18.4 Å². The molecule has 0 aliphatic carbocycles. The lowest BCUT2D eigenvalue weighted by Gasteiger charge is -2.30. The van der Waals surface area contributed by atoms with Crippen LogP contribution in [0.2, 0.25) is 0 Å². The Hall–Kier alpha value is -3.30. The molecule has 0 bridgehead atoms. The van der Waals surface area contributed by atoms with Crippen LogP contribution in [0.25, 0.3) is 11.4 Å². The maximum Gasteiger partial charge on any atom is 0.243 e. The number of amides is 1. The zero-order valence-electron chi connectivity index (χ0n) is 18.5. The van der Waals surface area contributed by atoms with Gasteiger partial charge in [-0.1, -0.05) is 18.2 Å². The van der Waals surface area contributed by atoms with E-state index in [1.54, 1.807) is 36.4 Å². The maximum absolute atomic E-state index is 13.0. The van der Waals surface area contributed by atoms with Crippen molar-refractivity contribution in [3.63, 3.8) is 0 Å². The van der Waals surface area contributed by atoms with Gasteiger partial charge in [0.1, 0.15) is 5.75 Å². The molecule has 0 spiro atoms.